The molecule has 0 fully saturated rings. The fourth-order valence-electron chi connectivity index (χ4n) is 1.32. The zero-order valence-electron chi connectivity index (χ0n) is 9.42. The van der Waals surface area contributed by atoms with Crippen LogP contribution in [0, 0.1) is 13.8 Å². The van der Waals surface area contributed by atoms with Crippen LogP contribution in [-0.2, 0) is 0 Å². The monoisotopic (exact) mass is 193 g/mol. The van der Waals surface area contributed by atoms with Crippen molar-refractivity contribution in [1.82, 2.24) is 5.32 Å². The highest BCUT2D eigenvalue weighted by Crippen LogP contribution is 2.22. The Balaban J connectivity index is 2.66. The first kappa shape index (κ1) is 11.1. The van der Waals surface area contributed by atoms with Crippen molar-refractivity contribution in [2.45, 2.75) is 26.8 Å². The lowest BCUT2D eigenvalue weighted by molar-refractivity contribution is 0.276. The summed E-state index contributed by atoms with van der Waals surface area (Å²) in [5.74, 6) is 1.02. The van der Waals surface area contributed by atoms with E-state index in [1.54, 1.807) is 0 Å². The number of likely N-dealkylation sites (N-methyl/N-ethyl adjacent to an activating group) is 1. The van der Waals surface area contributed by atoms with Gasteiger partial charge in [-0.2, -0.15) is 0 Å². The summed E-state index contributed by atoms with van der Waals surface area (Å²) >= 11 is 0. The predicted octanol–water partition coefficient (Wildman–Crippen LogP) is 2.29. The van der Waals surface area contributed by atoms with Crippen LogP contribution in [0.2, 0.25) is 0 Å². The van der Waals surface area contributed by atoms with Gasteiger partial charge in [-0.3, -0.25) is 0 Å². The van der Waals surface area contributed by atoms with E-state index in [4.69, 9.17) is 4.74 Å². The summed E-state index contributed by atoms with van der Waals surface area (Å²) in [5, 5.41) is 3.15. The lowest BCUT2D eigenvalue weighted by Crippen LogP contribution is -2.28. The predicted molar refractivity (Wildman–Crippen MR) is 59.9 cm³/mol. The standard InChI is InChI=1S/C12H19NO/c1-9-6-5-7-10(2)12(9)14-8-11(3)13-4/h5-7,11,13H,8H2,1-4H3/t11-/m0/s1. The van der Waals surface area contributed by atoms with Gasteiger partial charge >= 0.3 is 0 Å². The van der Waals surface area contributed by atoms with Gasteiger partial charge in [0.2, 0.25) is 0 Å². The molecule has 0 unspecified atom stereocenters. The number of hydrogen-bond donors (Lipinski definition) is 1. The van der Waals surface area contributed by atoms with E-state index < -0.39 is 0 Å². The minimum Gasteiger partial charge on any atom is -0.491 e. The summed E-state index contributed by atoms with van der Waals surface area (Å²) in [6.45, 7) is 6.97. The Hall–Kier alpha value is -1.02. The Morgan fingerprint density at radius 2 is 1.86 bits per heavy atom. The van der Waals surface area contributed by atoms with Gasteiger partial charge in [0.05, 0.1) is 0 Å². The van der Waals surface area contributed by atoms with Gasteiger partial charge in [0.25, 0.3) is 0 Å². The molecule has 0 aliphatic carbocycles. The Morgan fingerprint density at radius 1 is 1.29 bits per heavy atom. The molecule has 0 amide bonds. The fourth-order valence-corrected chi connectivity index (χ4v) is 1.32. The Bertz CT molecular complexity index is 276. The number of nitrogens with one attached hydrogen (secondary N) is 1. The van der Waals surface area contributed by atoms with Crippen LogP contribution in [0.25, 0.3) is 0 Å². The number of benzene rings is 1. The Kier molecular flexibility index (Phi) is 3.96. The topological polar surface area (TPSA) is 21.3 Å². The molecule has 1 N–H and O–H groups in total. The van der Waals surface area contributed by atoms with Crippen molar-refractivity contribution in [3.63, 3.8) is 0 Å². The van der Waals surface area contributed by atoms with Crippen molar-refractivity contribution >= 4 is 0 Å². The third kappa shape index (κ3) is 2.74. The van der Waals surface area contributed by atoms with E-state index in [2.05, 4.69) is 44.3 Å². The van der Waals surface area contributed by atoms with Crippen LogP contribution >= 0.6 is 0 Å². The van der Waals surface area contributed by atoms with Crippen molar-refractivity contribution in [1.29, 1.82) is 0 Å². The van der Waals surface area contributed by atoms with Crippen LogP contribution < -0.4 is 10.1 Å². The highest BCUT2D eigenvalue weighted by atomic mass is 16.5. The fraction of sp³-hybridized carbons (Fsp3) is 0.500. The molecule has 0 aliphatic heterocycles. The third-order valence-electron chi connectivity index (χ3n) is 2.38. The maximum Gasteiger partial charge on any atom is 0.125 e. The van der Waals surface area contributed by atoms with Crippen molar-refractivity contribution in [2.75, 3.05) is 13.7 Å². The van der Waals surface area contributed by atoms with Gasteiger partial charge in [0.1, 0.15) is 12.4 Å². The summed E-state index contributed by atoms with van der Waals surface area (Å²) in [5.41, 5.74) is 2.40. The van der Waals surface area contributed by atoms with Gasteiger partial charge < -0.3 is 10.1 Å². The average molecular weight is 193 g/mol. The van der Waals surface area contributed by atoms with Gasteiger partial charge in [0, 0.05) is 6.04 Å². The zero-order chi connectivity index (χ0) is 10.6. The van der Waals surface area contributed by atoms with E-state index in [9.17, 15) is 0 Å². The molecule has 0 aliphatic rings. The van der Waals surface area contributed by atoms with E-state index in [1.807, 2.05) is 7.05 Å². The number of hydrogen-bond acceptors (Lipinski definition) is 2. The molecule has 0 bridgehead atoms. The Morgan fingerprint density at radius 3 is 2.36 bits per heavy atom. The second kappa shape index (κ2) is 5.01. The molecule has 0 radical (unpaired) electrons. The molecule has 1 aromatic rings. The first-order valence-corrected chi connectivity index (χ1v) is 5.01. The first-order valence-electron chi connectivity index (χ1n) is 5.01. The number of ether oxygens (including phenoxy) is 1. The van der Waals surface area contributed by atoms with Gasteiger partial charge in [-0.15, -0.1) is 0 Å². The maximum absolute atomic E-state index is 5.76. The molecule has 1 aromatic carbocycles. The van der Waals surface area contributed by atoms with E-state index >= 15 is 0 Å². The number of aryl methyl sites for hydroxylation is 2. The molecule has 0 spiro atoms. The zero-order valence-corrected chi connectivity index (χ0v) is 9.42. The van der Waals surface area contributed by atoms with Crippen LogP contribution in [0.5, 0.6) is 5.75 Å². The van der Waals surface area contributed by atoms with E-state index in [-0.39, 0.29) is 0 Å². The normalized spacial score (nSPS) is 12.6. The second-order valence-corrected chi connectivity index (χ2v) is 3.72. The number of rotatable bonds is 4. The van der Waals surface area contributed by atoms with E-state index in [0.29, 0.717) is 12.6 Å². The minimum absolute atomic E-state index is 0.383. The van der Waals surface area contributed by atoms with Crippen molar-refractivity contribution < 1.29 is 4.74 Å². The third-order valence-corrected chi connectivity index (χ3v) is 2.38. The van der Waals surface area contributed by atoms with Crippen LogP contribution in [0.3, 0.4) is 0 Å². The smallest absolute Gasteiger partial charge is 0.125 e. The molecule has 2 heteroatoms. The highest BCUT2D eigenvalue weighted by Gasteiger charge is 2.04. The summed E-state index contributed by atoms with van der Waals surface area (Å²) in [7, 11) is 1.94. The summed E-state index contributed by atoms with van der Waals surface area (Å²) in [6, 6.07) is 6.59. The molecule has 1 atom stereocenters. The second-order valence-electron chi connectivity index (χ2n) is 3.72. The van der Waals surface area contributed by atoms with Crippen molar-refractivity contribution in [3.05, 3.63) is 29.3 Å². The molecule has 78 valence electrons. The summed E-state index contributed by atoms with van der Waals surface area (Å²) in [4.78, 5) is 0. The molecule has 0 saturated carbocycles. The van der Waals surface area contributed by atoms with E-state index in [1.165, 1.54) is 11.1 Å². The van der Waals surface area contributed by atoms with Crippen LogP contribution in [0.1, 0.15) is 18.1 Å². The summed E-state index contributed by atoms with van der Waals surface area (Å²) in [6.07, 6.45) is 0. The van der Waals surface area contributed by atoms with Crippen LogP contribution in [-0.4, -0.2) is 19.7 Å². The van der Waals surface area contributed by atoms with Gasteiger partial charge in [0.15, 0.2) is 0 Å². The van der Waals surface area contributed by atoms with Gasteiger partial charge in [-0.25, -0.2) is 0 Å². The molecule has 1 rings (SSSR count). The van der Waals surface area contributed by atoms with Crippen molar-refractivity contribution in [2.24, 2.45) is 0 Å². The van der Waals surface area contributed by atoms with Crippen molar-refractivity contribution in [3.8, 4) is 5.75 Å². The summed E-state index contributed by atoms with van der Waals surface area (Å²) < 4.78 is 5.76. The minimum atomic E-state index is 0.383. The SMILES string of the molecule is CN[C@@H](C)COc1c(C)cccc1C. The van der Waals surface area contributed by atoms with Crippen LogP contribution in [0.4, 0.5) is 0 Å². The number of para-hydroxylation sites is 1. The molecule has 0 heterocycles. The Labute approximate surface area is 86.3 Å². The first-order chi connectivity index (χ1) is 6.65. The average Bonchev–Trinajstić information content (AvgIpc) is 2.16. The molecule has 2 nitrogen and oxygen atoms in total. The quantitative estimate of drug-likeness (QED) is 0.792. The highest BCUT2D eigenvalue weighted by molar-refractivity contribution is 5.39. The largest absolute Gasteiger partial charge is 0.491 e. The lowest BCUT2D eigenvalue weighted by atomic mass is 10.1. The van der Waals surface area contributed by atoms with Gasteiger partial charge in [-0.05, 0) is 38.9 Å². The lowest BCUT2D eigenvalue weighted by Gasteiger charge is -2.15. The van der Waals surface area contributed by atoms with Gasteiger partial charge in [-0.1, -0.05) is 18.2 Å². The maximum atomic E-state index is 5.76. The van der Waals surface area contributed by atoms with E-state index in [0.717, 1.165) is 5.75 Å². The molecule has 0 aromatic heterocycles. The molecule has 0 saturated heterocycles. The molecular weight excluding hydrogens is 174 g/mol. The molecular formula is C12H19NO. The van der Waals surface area contributed by atoms with Crippen LogP contribution in [0.15, 0.2) is 18.2 Å². The molecule has 14 heavy (non-hydrogen) atoms.